The van der Waals surface area contributed by atoms with E-state index in [1.54, 1.807) is 0 Å². The lowest BCUT2D eigenvalue weighted by atomic mass is 11.8. The van der Waals surface area contributed by atoms with Crippen molar-refractivity contribution in [3.05, 3.63) is 7.43 Å². The van der Waals surface area contributed by atoms with E-state index in [9.17, 15) is 0 Å². The molecular formula is C2H4OS. The second-order valence-corrected chi connectivity index (χ2v) is 0. The third-order valence-corrected chi connectivity index (χ3v) is 0. The molecule has 4 heavy (non-hydrogen) atoms. The van der Waals surface area contributed by atoms with E-state index < -0.39 is 0 Å². The molecule has 0 bridgehead atoms. The fourth-order valence-corrected chi connectivity index (χ4v) is 0. The third kappa shape index (κ3) is 41.3. The van der Waals surface area contributed by atoms with E-state index in [2.05, 4.69) is 0 Å². The lowest BCUT2D eigenvalue weighted by Crippen LogP contribution is -1.25. The second-order valence-electron chi connectivity index (χ2n) is 0. The van der Waals surface area contributed by atoms with Crippen molar-refractivity contribution in [3.8, 4) is 0 Å². The Hall–Kier alpha value is 0.310. The summed E-state index contributed by atoms with van der Waals surface area (Å²) in [6.07, 6.45) is 0. The van der Waals surface area contributed by atoms with Gasteiger partial charge in [0.05, 0.1) is 0 Å². The van der Waals surface area contributed by atoms with Crippen molar-refractivity contribution in [2.45, 2.75) is 0 Å². The van der Waals surface area contributed by atoms with Gasteiger partial charge in [-0.3, -0.25) is 0 Å². The van der Waals surface area contributed by atoms with Gasteiger partial charge in [0.25, 0.3) is 0 Å². The minimum Gasteiger partial charge on any atom is -0.400 e. The maximum atomic E-state index is 7.00. The van der Waals surface area contributed by atoms with E-state index in [4.69, 9.17) is 5.11 Å². The van der Waals surface area contributed by atoms with Gasteiger partial charge in [0.1, 0.15) is 0 Å². The molecule has 0 aliphatic heterocycles. The van der Waals surface area contributed by atoms with Gasteiger partial charge in [-0.2, -0.15) is 0 Å². The Bertz CT molecular complexity index is 6.00. The molecule has 0 saturated heterocycles. The Morgan fingerprint density at radius 3 is 1.25 bits per heavy atom. The summed E-state index contributed by atoms with van der Waals surface area (Å²) in [5.74, 6) is 0. The molecule has 0 aromatic heterocycles. The first kappa shape index (κ1) is 27.5. The number of aliphatic hydroxyl groups is 1. The molecule has 0 fully saturated rings. The van der Waals surface area contributed by atoms with Crippen LogP contribution in [0.1, 0.15) is 0 Å². The number of rotatable bonds is 0. The lowest BCUT2D eigenvalue weighted by molar-refractivity contribution is 0.399. The van der Waals surface area contributed by atoms with Crippen LogP contribution in [0.2, 0.25) is 0 Å². The largest absolute Gasteiger partial charge is 0.400 e. The zero-order valence-electron chi connectivity index (χ0n) is 2.36. The highest BCUT2D eigenvalue weighted by molar-refractivity contribution is 7.59. The van der Waals surface area contributed by atoms with Crippen LogP contribution in [0.5, 0.6) is 0 Å². The fourth-order valence-electron chi connectivity index (χ4n) is 0. The minimum absolute atomic E-state index is 0. The summed E-state index contributed by atoms with van der Waals surface area (Å²) in [5.41, 5.74) is 0. The smallest absolute Gasteiger partial charge is 0.0319 e. The van der Waals surface area contributed by atoms with Crippen LogP contribution in [0.3, 0.4) is 0 Å². The molecule has 24 valence electrons. The number of hydrogen-bond donors (Lipinski definition) is 1. The summed E-state index contributed by atoms with van der Waals surface area (Å²) >= 11 is 0. The summed E-state index contributed by atoms with van der Waals surface area (Å²) in [5, 5.41) is 7.00. The van der Waals surface area contributed by atoms with Crippen molar-refractivity contribution >= 4 is 13.5 Å². The fraction of sp³-hybridized carbons (Fsp3) is 0.500. The van der Waals surface area contributed by atoms with Crippen LogP contribution < -0.4 is 0 Å². The molecular weight excluding hydrogens is 72.1 g/mol. The standard InChI is InChI=1S/CH4O.C.S/c1-2;;/h2H,1H3;;. The van der Waals surface area contributed by atoms with Crippen LogP contribution in [-0.2, 0) is 0 Å². The first-order chi connectivity index (χ1) is 1.00. The van der Waals surface area contributed by atoms with Crippen LogP contribution in [0.15, 0.2) is 0 Å². The third-order valence-electron chi connectivity index (χ3n) is 0. The van der Waals surface area contributed by atoms with Gasteiger partial charge in [0, 0.05) is 28.0 Å². The molecule has 0 heterocycles. The van der Waals surface area contributed by atoms with Gasteiger partial charge in [-0.25, -0.2) is 0 Å². The highest BCUT2D eigenvalue weighted by atomic mass is 32.1. The average molecular weight is 76.1 g/mol. The summed E-state index contributed by atoms with van der Waals surface area (Å²) in [6, 6.07) is 0. The zero-order valence-corrected chi connectivity index (χ0v) is 3.17. The molecule has 1 N–H and O–H groups in total. The molecule has 0 atom stereocenters. The minimum atomic E-state index is 0. The summed E-state index contributed by atoms with van der Waals surface area (Å²) < 4.78 is 0. The first-order valence-corrected chi connectivity index (χ1v) is 0.447. The van der Waals surface area contributed by atoms with Crippen molar-refractivity contribution in [2.24, 2.45) is 0 Å². The molecule has 0 saturated carbocycles. The van der Waals surface area contributed by atoms with E-state index in [1.165, 1.54) is 0 Å². The molecule has 0 amide bonds. The van der Waals surface area contributed by atoms with Gasteiger partial charge in [0.2, 0.25) is 0 Å². The number of hydrogen-bond acceptors (Lipinski definition) is 1. The van der Waals surface area contributed by atoms with Gasteiger partial charge in [-0.1, -0.05) is 0 Å². The average Bonchev–Trinajstić information content (AvgIpc) is 1.00. The first-order valence-electron chi connectivity index (χ1n) is 0.447. The lowest BCUT2D eigenvalue weighted by Gasteiger charge is -1.21. The second kappa shape index (κ2) is 184. The predicted octanol–water partition coefficient (Wildman–Crippen LogP) is 0.338. The SMILES string of the molecule is CO.[C].[S]. The predicted molar refractivity (Wildman–Crippen MR) is 19.0 cm³/mol. The molecule has 0 aliphatic rings. The Balaban J connectivity index is -0.00000000500. The van der Waals surface area contributed by atoms with Crippen molar-refractivity contribution in [2.75, 3.05) is 7.11 Å². The molecule has 0 aliphatic carbocycles. The molecule has 0 aromatic carbocycles. The van der Waals surface area contributed by atoms with E-state index in [0.29, 0.717) is 0 Å². The van der Waals surface area contributed by atoms with Gasteiger partial charge >= 0.3 is 0 Å². The summed E-state index contributed by atoms with van der Waals surface area (Å²) in [4.78, 5) is 0. The van der Waals surface area contributed by atoms with Crippen molar-refractivity contribution < 1.29 is 5.11 Å². The van der Waals surface area contributed by atoms with Crippen LogP contribution in [0.25, 0.3) is 0 Å². The van der Waals surface area contributed by atoms with Crippen LogP contribution in [-0.4, -0.2) is 12.2 Å². The molecule has 0 unspecified atom stereocenters. The van der Waals surface area contributed by atoms with Crippen LogP contribution in [0, 0.1) is 7.43 Å². The van der Waals surface area contributed by atoms with Gasteiger partial charge in [-0.15, -0.1) is 0 Å². The Labute approximate surface area is 34.1 Å². The number of aliphatic hydroxyl groups excluding tert-OH is 1. The van der Waals surface area contributed by atoms with Gasteiger partial charge in [-0.05, 0) is 0 Å². The molecule has 1 nitrogen and oxygen atoms in total. The Morgan fingerprint density at radius 1 is 1.25 bits per heavy atom. The molecule has 0 spiro atoms. The van der Waals surface area contributed by atoms with Crippen molar-refractivity contribution in [1.29, 1.82) is 0 Å². The highest BCUT2D eigenvalue weighted by Crippen LogP contribution is 0.755. The highest BCUT2D eigenvalue weighted by Gasteiger charge is 0.839. The van der Waals surface area contributed by atoms with Crippen LogP contribution >= 0.6 is 13.5 Å². The molecule has 6 radical (unpaired) electrons. The normalized spacial score (nSPS) is 1.50. The monoisotopic (exact) mass is 76.0 g/mol. The maximum absolute atomic E-state index is 7.00. The quantitative estimate of drug-likeness (QED) is 0.441. The molecule has 0 rings (SSSR count). The summed E-state index contributed by atoms with van der Waals surface area (Å²) in [6.45, 7) is 0. The molecule has 0 aromatic rings. The van der Waals surface area contributed by atoms with E-state index in [0.717, 1.165) is 7.11 Å². The topological polar surface area (TPSA) is 20.2 Å². The summed E-state index contributed by atoms with van der Waals surface area (Å²) in [7, 11) is 1.00. The van der Waals surface area contributed by atoms with Crippen molar-refractivity contribution in [1.82, 2.24) is 0 Å². The van der Waals surface area contributed by atoms with Crippen molar-refractivity contribution in [3.63, 3.8) is 0 Å². The maximum Gasteiger partial charge on any atom is 0.0319 e. The van der Waals surface area contributed by atoms with E-state index in [1.807, 2.05) is 0 Å². The zero-order chi connectivity index (χ0) is 2.00. The Kier molecular flexibility index (Phi) is 1260. The van der Waals surface area contributed by atoms with E-state index >= 15 is 0 Å². The Morgan fingerprint density at radius 2 is 1.25 bits per heavy atom. The van der Waals surface area contributed by atoms with Gasteiger partial charge in [0.15, 0.2) is 0 Å². The molecule has 2 heteroatoms. The van der Waals surface area contributed by atoms with E-state index in [-0.39, 0.29) is 20.9 Å². The van der Waals surface area contributed by atoms with Crippen LogP contribution in [0.4, 0.5) is 0 Å². The van der Waals surface area contributed by atoms with Gasteiger partial charge < -0.3 is 5.11 Å².